The molecule has 146 valence electrons. The number of hydrogen-bond donors (Lipinski definition) is 2. The minimum atomic E-state index is -0.249. The molecule has 5 heteroatoms. The van der Waals surface area contributed by atoms with Gasteiger partial charge in [0.25, 0.3) is 0 Å². The second-order valence-corrected chi connectivity index (χ2v) is 6.99. The Labute approximate surface area is 162 Å². The Hall–Kier alpha value is -2.37. The number of ether oxygens (including phenoxy) is 2. The first-order chi connectivity index (χ1) is 13.0. The predicted octanol–water partition coefficient (Wildman–Crippen LogP) is 3.49. The fraction of sp³-hybridized carbons (Fsp3) is 0.409. The highest BCUT2D eigenvalue weighted by Crippen LogP contribution is 2.12. The van der Waals surface area contributed by atoms with Gasteiger partial charge in [0, 0.05) is 27.2 Å². The zero-order valence-electron chi connectivity index (χ0n) is 16.8. The maximum absolute atomic E-state index is 5.90. The zero-order chi connectivity index (χ0) is 19.5. The number of nitrogens with zero attached hydrogens (tertiary/aromatic N) is 1. The summed E-state index contributed by atoms with van der Waals surface area (Å²) >= 11 is 0. The largest absolute Gasteiger partial charge is 0.377 e. The lowest BCUT2D eigenvalue weighted by molar-refractivity contribution is 0.0268. The van der Waals surface area contributed by atoms with Gasteiger partial charge >= 0.3 is 0 Å². The predicted molar refractivity (Wildman–Crippen MR) is 111 cm³/mol. The van der Waals surface area contributed by atoms with Gasteiger partial charge < -0.3 is 20.1 Å². The average Bonchev–Trinajstić information content (AvgIpc) is 2.70. The topological polar surface area (TPSA) is 54.9 Å². The summed E-state index contributed by atoms with van der Waals surface area (Å²) in [5.41, 5.74) is 3.30. The van der Waals surface area contributed by atoms with Crippen molar-refractivity contribution < 1.29 is 9.47 Å². The quantitative estimate of drug-likeness (QED) is 0.525. The molecular formula is C22H31N3O2. The van der Waals surface area contributed by atoms with E-state index in [-0.39, 0.29) is 5.60 Å². The molecule has 0 atom stereocenters. The Bertz CT molecular complexity index is 715. The first-order valence-electron chi connectivity index (χ1n) is 9.22. The second-order valence-electron chi connectivity index (χ2n) is 6.99. The highest BCUT2D eigenvalue weighted by Gasteiger charge is 2.16. The van der Waals surface area contributed by atoms with E-state index in [4.69, 9.17) is 9.47 Å². The molecule has 0 spiro atoms. The number of hydrogen-bond acceptors (Lipinski definition) is 3. The summed E-state index contributed by atoms with van der Waals surface area (Å²) in [6.45, 7) is 6.61. The Balaban J connectivity index is 1.87. The van der Waals surface area contributed by atoms with Crippen LogP contribution >= 0.6 is 0 Å². The van der Waals surface area contributed by atoms with Gasteiger partial charge in [-0.05, 0) is 30.5 Å². The molecule has 0 aromatic heterocycles. The summed E-state index contributed by atoms with van der Waals surface area (Å²) in [6.07, 6.45) is 0. The molecule has 2 N–H and O–H groups in total. The number of nitrogens with one attached hydrogen (secondary N) is 2. The van der Waals surface area contributed by atoms with E-state index in [1.54, 1.807) is 14.2 Å². The van der Waals surface area contributed by atoms with Crippen molar-refractivity contribution in [3.8, 4) is 0 Å². The van der Waals surface area contributed by atoms with E-state index in [1.807, 2.05) is 44.2 Å². The van der Waals surface area contributed by atoms with E-state index in [0.29, 0.717) is 26.3 Å². The van der Waals surface area contributed by atoms with E-state index >= 15 is 0 Å². The van der Waals surface area contributed by atoms with Crippen LogP contribution in [0.25, 0.3) is 0 Å². The normalized spacial score (nSPS) is 12.1. The zero-order valence-corrected chi connectivity index (χ0v) is 16.8. The van der Waals surface area contributed by atoms with Crippen LogP contribution < -0.4 is 10.6 Å². The minimum Gasteiger partial charge on any atom is -0.377 e. The molecule has 2 aromatic carbocycles. The Morgan fingerprint density at radius 3 is 2.26 bits per heavy atom. The number of rotatable bonds is 9. The lowest BCUT2D eigenvalue weighted by atomic mass is 10.1. The van der Waals surface area contributed by atoms with Gasteiger partial charge in [0.05, 0.1) is 18.8 Å². The third-order valence-electron chi connectivity index (χ3n) is 4.39. The molecule has 0 unspecified atom stereocenters. The monoisotopic (exact) mass is 369 g/mol. The fourth-order valence-electron chi connectivity index (χ4n) is 2.49. The molecule has 0 bridgehead atoms. The van der Waals surface area contributed by atoms with Gasteiger partial charge in [-0.1, -0.05) is 54.6 Å². The molecule has 0 saturated carbocycles. The standard InChI is InChI=1S/C22H31N3O2/c1-22(2,26-4)17-25-21(23-3)24-14-19-12-8-9-13-20(19)16-27-15-18-10-6-5-7-11-18/h5-13H,14-17H2,1-4H3,(H2,23,24,25). The van der Waals surface area contributed by atoms with Crippen LogP contribution in [-0.4, -0.2) is 32.3 Å². The molecule has 0 radical (unpaired) electrons. The van der Waals surface area contributed by atoms with E-state index in [0.717, 1.165) is 5.96 Å². The van der Waals surface area contributed by atoms with E-state index in [1.165, 1.54) is 16.7 Å². The number of methoxy groups -OCH3 is 1. The summed E-state index contributed by atoms with van der Waals surface area (Å²) in [4.78, 5) is 4.28. The van der Waals surface area contributed by atoms with Crippen molar-refractivity contribution in [2.24, 2.45) is 4.99 Å². The molecular weight excluding hydrogens is 338 g/mol. The molecule has 0 saturated heterocycles. The molecule has 0 amide bonds. The highest BCUT2D eigenvalue weighted by atomic mass is 16.5. The van der Waals surface area contributed by atoms with E-state index < -0.39 is 0 Å². The lowest BCUT2D eigenvalue weighted by Gasteiger charge is -2.24. The molecule has 0 heterocycles. The molecule has 0 aliphatic carbocycles. The van der Waals surface area contributed by atoms with Gasteiger partial charge in [-0.3, -0.25) is 4.99 Å². The van der Waals surface area contributed by atoms with Crippen LogP contribution in [0.3, 0.4) is 0 Å². The van der Waals surface area contributed by atoms with Crippen LogP contribution in [0.4, 0.5) is 0 Å². The van der Waals surface area contributed by atoms with Gasteiger partial charge in [-0.2, -0.15) is 0 Å². The Morgan fingerprint density at radius 2 is 1.59 bits per heavy atom. The van der Waals surface area contributed by atoms with Gasteiger partial charge in [0.2, 0.25) is 0 Å². The Kier molecular flexibility index (Phi) is 8.30. The van der Waals surface area contributed by atoms with Gasteiger partial charge in [-0.25, -0.2) is 0 Å². The SMILES string of the molecule is CN=C(NCc1ccccc1COCc1ccccc1)NCC(C)(C)OC. The van der Waals surface area contributed by atoms with Crippen LogP contribution in [0.1, 0.15) is 30.5 Å². The molecule has 2 rings (SSSR count). The maximum Gasteiger partial charge on any atom is 0.191 e. The Morgan fingerprint density at radius 1 is 0.926 bits per heavy atom. The number of aliphatic imine (C=N–C) groups is 1. The van der Waals surface area contributed by atoms with Crippen LogP contribution in [0.5, 0.6) is 0 Å². The van der Waals surface area contributed by atoms with E-state index in [9.17, 15) is 0 Å². The van der Waals surface area contributed by atoms with Crippen LogP contribution in [0.15, 0.2) is 59.6 Å². The van der Waals surface area contributed by atoms with Crippen molar-refractivity contribution in [1.29, 1.82) is 0 Å². The molecule has 0 aliphatic heterocycles. The lowest BCUT2D eigenvalue weighted by Crippen LogP contribution is -2.45. The number of guanidine groups is 1. The summed E-state index contributed by atoms with van der Waals surface area (Å²) in [6, 6.07) is 18.5. The van der Waals surface area contributed by atoms with E-state index in [2.05, 4.69) is 39.9 Å². The molecule has 0 aliphatic rings. The summed E-state index contributed by atoms with van der Waals surface area (Å²) < 4.78 is 11.3. The average molecular weight is 370 g/mol. The second kappa shape index (κ2) is 10.7. The highest BCUT2D eigenvalue weighted by molar-refractivity contribution is 5.79. The van der Waals surface area contributed by atoms with Gasteiger partial charge in [0.1, 0.15) is 0 Å². The molecule has 27 heavy (non-hydrogen) atoms. The van der Waals surface area contributed by atoms with Crippen molar-refractivity contribution in [2.45, 2.75) is 39.2 Å². The molecule has 0 fully saturated rings. The third kappa shape index (κ3) is 7.41. The first kappa shape index (κ1) is 20.9. The van der Waals surface area contributed by atoms with Gasteiger partial charge in [0.15, 0.2) is 5.96 Å². The van der Waals surface area contributed by atoms with Crippen molar-refractivity contribution in [2.75, 3.05) is 20.7 Å². The summed E-state index contributed by atoms with van der Waals surface area (Å²) in [7, 11) is 3.48. The van der Waals surface area contributed by atoms with Crippen molar-refractivity contribution in [3.05, 3.63) is 71.3 Å². The third-order valence-corrected chi connectivity index (χ3v) is 4.39. The van der Waals surface area contributed by atoms with Crippen LogP contribution in [0, 0.1) is 0 Å². The molecule has 5 nitrogen and oxygen atoms in total. The van der Waals surface area contributed by atoms with Crippen molar-refractivity contribution in [3.63, 3.8) is 0 Å². The van der Waals surface area contributed by atoms with Crippen molar-refractivity contribution in [1.82, 2.24) is 10.6 Å². The smallest absolute Gasteiger partial charge is 0.191 e. The first-order valence-corrected chi connectivity index (χ1v) is 9.22. The minimum absolute atomic E-state index is 0.249. The van der Waals surface area contributed by atoms with Crippen LogP contribution in [-0.2, 0) is 29.2 Å². The van der Waals surface area contributed by atoms with Crippen LogP contribution in [0.2, 0.25) is 0 Å². The number of benzene rings is 2. The molecule has 2 aromatic rings. The van der Waals surface area contributed by atoms with Gasteiger partial charge in [-0.15, -0.1) is 0 Å². The fourth-order valence-corrected chi connectivity index (χ4v) is 2.49. The summed E-state index contributed by atoms with van der Waals surface area (Å²) in [5.74, 6) is 0.750. The van der Waals surface area contributed by atoms with Crippen molar-refractivity contribution >= 4 is 5.96 Å². The maximum atomic E-state index is 5.90. The summed E-state index contributed by atoms with van der Waals surface area (Å²) in [5, 5.41) is 6.66.